The predicted octanol–water partition coefficient (Wildman–Crippen LogP) is 1.36. The van der Waals surface area contributed by atoms with Gasteiger partial charge in [0.05, 0.1) is 12.6 Å². The molecule has 12 heavy (non-hydrogen) atoms. The van der Waals surface area contributed by atoms with Gasteiger partial charge >= 0.3 is 0 Å². The highest BCUT2D eigenvalue weighted by Crippen LogP contribution is 2.22. The van der Waals surface area contributed by atoms with E-state index in [0.29, 0.717) is 11.0 Å². The maximum atomic E-state index is 11.4. The van der Waals surface area contributed by atoms with Crippen molar-refractivity contribution in [1.82, 2.24) is 0 Å². The molecule has 1 unspecified atom stereocenters. The summed E-state index contributed by atoms with van der Waals surface area (Å²) in [7, 11) is 0. The molecule has 1 aliphatic rings. The van der Waals surface area contributed by atoms with Gasteiger partial charge in [-0.3, -0.25) is 0 Å². The van der Waals surface area contributed by atoms with Crippen LogP contribution in [0.2, 0.25) is 0 Å². The molecule has 1 fully saturated rings. The second-order valence-corrected chi connectivity index (χ2v) is 4.33. The summed E-state index contributed by atoms with van der Waals surface area (Å²) in [4.78, 5) is 0. The SMILES string of the molecule is CC(C)[NH+]([O-])CC1CCCCC1. The fraction of sp³-hybridized carbons (Fsp3) is 1.00. The van der Waals surface area contributed by atoms with Crippen molar-refractivity contribution in [2.24, 2.45) is 5.92 Å². The zero-order chi connectivity index (χ0) is 8.97. The minimum atomic E-state index is 0.243. The van der Waals surface area contributed by atoms with Gasteiger partial charge in [0.25, 0.3) is 0 Å². The zero-order valence-corrected chi connectivity index (χ0v) is 8.31. The Bertz CT molecular complexity index is 119. The third kappa shape index (κ3) is 3.11. The highest BCUT2D eigenvalue weighted by atomic mass is 16.5. The molecule has 1 aliphatic carbocycles. The average Bonchev–Trinajstić information content (AvgIpc) is 2.06. The fourth-order valence-electron chi connectivity index (χ4n) is 1.91. The lowest BCUT2D eigenvalue weighted by molar-refractivity contribution is -0.875. The molecule has 1 saturated carbocycles. The van der Waals surface area contributed by atoms with Gasteiger partial charge in [-0.25, -0.2) is 0 Å². The number of hydrogen-bond acceptors (Lipinski definition) is 1. The number of quaternary nitrogens is 1. The Kier molecular flexibility index (Phi) is 4.02. The van der Waals surface area contributed by atoms with Crippen molar-refractivity contribution < 1.29 is 5.06 Å². The first-order valence-corrected chi connectivity index (χ1v) is 5.23. The molecule has 0 saturated heterocycles. The van der Waals surface area contributed by atoms with Crippen LogP contribution < -0.4 is 5.06 Å². The lowest BCUT2D eigenvalue weighted by Gasteiger charge is -2.32. The van der Waals surface area contributed by atoms with E-state index in [2.05, 4.69) is 0 Å². The Morgan fingerprint density at radius 1 is 1.25 bits per heavy atom. The summed E-state index contributed by atoms with van der Waals surface area (Å²) >= 11 is 0. The van der Waals surface area contributed by atoms with Gasteiger partial charge in [-0.1, -0.05) is 19.3 Å². The number of nitrogens with one attached hydrogen (secondary N) is 1. The first-order valence-electron chi connectivity index (χ1n) is 5.23. The molecule has 1 N–H and O–H groups in total. The quantitative estimate of drug-likeness (QED) is 0.638. The molecule has 0 radical (unpaired) electrons. The summed E-state index contributed by atoms with van der Waals surface area (Å²) in [6.07, 6.45) is 6.65. The van der Waals surface area contributed by atoms with Crippen LogP contribution in [0.4, 0.5) is 0 Å². The molecule has 2 nitrogen and oxygen atoms in total. The maximum absolute atomic E-state index is 11.4. The van der Waals surface area contributed by atoms with Crippen LogP contribution in [-0.2, 0) is 0 Å². The van der Waals surface area contributed by atoms with Gasteiger partial charge in [-0.15, -0.1) is 0 Å². The van der Waals surface area contributed by atoms with E-state index < -0.39 is 0 Å². The average molecular weight is 171 g/mol. The highest BCUT2D eigenvalue weighted by molar-refractivity contribution is 4.64. The maximum Gasteiger partial charge on any atom is 0.0814 e. The molecular formula is C10H21NO. The minimum Gasteiger partial charge on any atom is -0.634 e. The molecule has 0 aliphatic heterocycles. The van der Waals surface area contributed by atoms with Crippen LogP contribution in [0.5, 0.6) is 0 Å². The Labute approximate surface area is 75.5 Å². The van der Waals surface area contributed by atoms with Gasteiger partial charge in [-0.2, -0.15) is 0 Å². The second-order valence-electron chi connectivity index (χ2n) is 4.33. The van der Waals surface area contributed by atoms with E-state index >= 15 is 0 Å². The molecule has 72 valence electrons. The Morgan fingerprint density at radius 2 is 1.83 bits per heavy atom. The predicted molar refractivity (Wildman–Crippen MR) is 50.9 cm³/mol. The number of rotatable bonds is 3. The topological polar surface area (TPSA) is 27.5 Å². The van der Waals surface area contributed by atoms with E-state index in [1.54, 1.807) is 0 Å². The molecule has 0 aromatic heterocycles. The van der Waals surface area contributed by atoms with Crippen LogP contribution in [0.25, 0.3) is 0 Å². The van der Waals surface area contributed by atoms with Crippen LogP contribution in [0.1, 0.15) is 46.0 Å². The molecule has 0 bridgehead atoms. The van der Waals surface area contributed by atoms with Crippen molar-refractivity contribution in [3.05, 3.63) is 5.21 Å². The lowest BCUT2D eigenvalue weighted by atomic mass is 9.89. The van der Waals surface area contributed by atoms with E-state index in [1.807, 2.05) is 13.8 Å². The van der Waals surface area contributed by atoms with Crippen molar-refractivity contribution in [1.29, 1.82) is 0 Å². The molecule has 0 spiro atoms. The van der Waals surface area contributed by atoms with E-state index in [9.17, 15) is 5.21 Å². The number of hydrogen-bond donors (Lipinski definition) is 1. The first-order chi connectivity index (χ1) is 5.70. The van der Waals surface area contributed by atoms with Crippen LogP contribution >= 0.6 is 0 Å². The Balaban J connectivity index is 2.20. The lowest BCUT2D eigenvalue weighted by Crippen LogP contribution is -3.11. The number of hydroxylamine groups is 2. The third-order valence-corrected chi connectivity index (χ3v) is 2.86. The van der Waals surface area contributed by atoms with E-state index in [-0.39, 0.29) is 6.04 Å². The summed E-state index contributed by atoms with van der Waals surface area (Å²) < 4.78 is 0. The Hall–Kier alpha value is -0.0800. The molecule has 0 aromatic carbocycles. The van der Waals surface area contributed by atoms with Gasteiger partial charge in [0, 0.05) is 5.92 Å². The minimum absolute atomic E-state index is 0.243. The van der Waals surface area contributed by atoms with Gasteiger partial charge in [-0.05, 0) is 26.7 Å². The summed E-state index contributed by atoms with van der Waals surface area (Å²) in [5.41, 5.74) is 0. The smallest absolute Gasteiger partial charge is 0.0814 e. The molecular weight excluding hydrogens is 150 g/mol. The molecule has 1 rings (SSSR count). The van der Waals surface area contributed by atoms with Crippen LogP contribution in [-0.4, -0.2) is 12.6 Å². The van der Waals surface area contributed by atoms with Crippen LogP contribution in [0, 0.1) is 11.1 Å². The van der Waals surface area contributed by atoms with Gasteiger partial charge in [0.15, 0.2) is 0 Å². The standard InChI is InChI=1S/C10H21NO/c1-9(2)11(12)8-10-6-4-3-5-7-10/h9-11H,3-8H2,1-2H3. The summed E-state index contributed by atoms with van der Waals surface area (Å²) in [6, 6.07) is 0.243. The largest absolute Gasteiger partial charge is 0.634 e. The third-order valence-electron chi connectivity index (χ3n) is 2.86. The zero-order valence-electron chi connectivity index (χ0n) is 8.31. The van der Waals surface area contributed by atoms with Crippen LogP contribution in [0.3, 0.4) is 0 Å². The monoisotopic (exact) mass is 171 g/mol. The summed E-state index contributed by atoms with van der Waals surface area (Å²) in [6.45, 7) is 4.86. The van der Waals surface area contributed by atoms with E-state index in [0.717, 1.165) is 6.54 Å². The highest BCUT2D eigenvalue weighted by Gasteiger charge is 2.17. The van der Waals surface area contributed by atoms with E-state index in [4.69, 9.17) is 0 Å². The summed E-state index contributed by atoms with van der Waals surface area (Å²) in [5.74, 6) is 0.716. The van der Waals surface area contributed by atoms with Crippen molar-refractivity contribution in [3.8, 4) is 0 Å². The van der Waals surface area contributed by atoms with E-state index in [1.165, 1.54) is 32.1 Å². The van der Waals surface area contributed by atoms with Gasteiger partial charge in [0.1, 0.15) is 0 Å². The van der Waals surface area contributed by atoms with Crippen molar-refractivity contribution >= 4 is 0 Å². The van der Waals surface area contributed by atoms with Crippen LogP contribution in [0.15, 0.2) is 0 Å². The van der Waals surface area contributed by atoms with Crippen molar-refractivity contribution in [3.63, 3.8) is 0 Å². The molecule has 1 atom stereocenters. The normalized spacial score (nSPS) is 23.0. The van der Waals surface area contributed by atoms with Gasteiger partial charge < -0.3 is 10.3 Å². The molecule has 0 amide bonds. The summed E-state index contributed by atoms with van der Waals surface area (Å²) in [5, 5.41) is 11.9. The van der Waals surface area contributed by atoms with Gasteiger partial charge in [0.2, 0.25) is 0 Å². The first kappa shape index (κ1) is 10.0. The van der Waals surface area contributed by atoms with Crippen molar-refractivity contribution in [2.75, 3.05) is 6.54 Å². The Morgan fingerprint density at radius 3 is 2.33 bits per heavy atom. The fourth-order valence-corrected chi connectivity index (χ4v) is 1.91. The molecule has 2 heteroatoms. The molecule has 0 heterocycles. The van der Waals surface area contributed by atoms with Crippen molar-refractivity contribution in [2.45, 2.75) is 52.0 Å². The second kappa shape index (κ2) is 4.83. The molecule has 0 aromatic rings.